The van der Waals surface area contributed by atoms with E-state index in [1.807, 2.05) is 53.4 Å². The summed E-state index contributed by atoms with van der Waals surface area (Å²) in [5.41, 5.74) is 1.69. The number of esters is 1. The molecule has 2 atom stereocenters. The van der Waals surface area contributed by atoms with Gasteiger partial charge in [0.15, 0.2) is 11.8 Å². The summed E-state index contributed by atoms with van der Waals surface area (Å²) in [4.78, 5) is 32.6. The third kappa shape index (κ3) is 6.35. The highest BCUT2D eigenvalue weighted by Crippen LogP contribution is 2.40. The van der Waals surface area contributed by atoms with Gasteiger partial charge in [-0.1, -0.05) is 44.0 Å². The van der Waals surface area contributed by atoms with E-state index in [2.05, 4.69) is 22.9 Å². The lowest BCUT2D eigenvalue weighted by molar-refractivity contribution is -0.145. The predicted octanol–water partition coefficient (Wildman–Crippen LogP) is 6.57. The molecular formula is C27H29BrN2O4S. The molecule has 2 aliphatic rings. The highest BCUT2D eigenvalue weighted by atomic mass is 79.9. The first kappa shape index (κ1) is 25.5. The fourth-order valence-electron chi connectivity index (χ4n) is 4.36. The highest BCUT2D eigenvalue weighted by molar-refractivity contribution is 9.10. The van der Waals surface area contributed by atoms with Gasteiger partial charge in [-0.25, -0.2) is 9.79 Å². The van der Waals surface area contributed by atoms with Crippen LogP contribution in [-0.2, 0) is 14.3 Å². The van der Waals surface area contributed by atoms with Crippen LogP contribution in [0, 0.1) is 5.92 Å². The van der Waals surface area contributed by atoms with E-state index in [1.165, 1.54) is 18.2 Å². The maximum absolute atomic E-state index is 13.6. The van der Waals surface area contributed by atoms with Gasteiger partial charge in [0.1, 0.15) is 5.75 Å². The van der Waals surface area contributed by atoms with E-state index >= 15 is 0 Å². The Hall–Kier alpha value is -2.58. The minimum atomic E-state index is -0.416. The number of amides is 1. The number of carbonyl (C=O) groups is 2. The van der Waals surface area contributed by atoms with E-state index < -0.39 is 5.97 Å². The second kappa shape index (κ2) is 11.9. The summed E-state index contributed by atoms with van der Waals surface area (Å²) in [5, 5.41) is 0.736. The third-order valence-electron chi connectivity index (χ3n) is 6.12. The number of benzene rings is 2. The SMILES string of the molecule is CCOC(=O)COc1ccc(/C=C2\SC(=Nc3ccccc3)N([C@@H]3CCCC[C@@H]3C)C2=O)cc1Br. The van der Waals surface area contributed by atoms with Crippen molar-refractivity contribution < 1.29 is 19.1 Å². The maximum atomic E-state index is 13.6. The molecule has 4 rings (SSSR count). The number of amidine groups is 1. The minimum absolute atomic E-state index is 0.00203. The Morgan fingerprint density at radius 2 is 1.97 bits per heavy atom. The van der Waals surface area contributed by atoms with Crippen molar-refractivity contribution >= 4 is 56.5 Å². The van der Waals surface area contributed by atoms with Gasteiger partial charge in [0.05, 0.1) is 21.7 Å². The van der Waals surface area contributed by atoms with Gasteiger partial charge in [0.25, 0.3) is 5.91 Å². The maximum Gasteiger partial charge on any atom is 0.344 e. The van der Waals surface area contributed by atoms with E-state index in [1.54, 1.807) is 13.0 Å². The van der Waals surface area contributed by atoms with Crippen LogP contribution in [0.2, 0.25) is 0 Å². The molecule has 6 nitrogen and oxygen atoms in total. The smallest absolute Gasteiger partial charge is 0.344 e. The highest BCUT2D eigenvalue weighted by Gasteiger charge is 2.41. The minimum Gasteiger partial charge on any atom is -0.481 e. The number of aliphatic imine (C=N–C) groups is 1. The summed E-state index contributed by atoms with van der Waals surface area (Å²) in [7, 11) is 0. The average Bonchev–Trinajstić information content (AvgIpc) is 3.14. The van der Waals surface area contributed by atoms with Gasteiger partial charge in [-0.15, -0.1) is 0 Å². The number of nitrogens with zero attached hydrogens (tertiary/aromatic N) is 2. The van der Waals surface area contributed by atoms with E-state index in [4.69, 9.17) is 14.5 Å². The quantitative estimate of drug-likeness (QED) is 0.285. The Bertz CT molecular complexity index is 1140. The van der Waals surface area contributed by atoms with Gasteiger partial charge in [0.2, 0.25) is 0 Å². The topological polar surface area (TPSA) is 68.2 Å². The Balaban J connectivity index is 1.59. The summed E-state index contributed by atoms with van der Waals surface area (Å²) < 4.78 is 11.1. The Morgan fingerprint density at radius 1 is 1.20 bits per heavy atom. The lowest BCUT2D eigenvalue weighted by Gasteiger charge is -2.35. The number of hydrogen-bond acceptors (Lipinski definition) is 6. The zero-order valence-corrected chi connectivity index (χ0v) is 22.3. The Kier molecular flexibility index (Phi) is 8.68. The zero-order chi connectivity index (χ0) is 24.8. The first-order valence-corrected chi connectivity index (χ1v) is 13.5. The lowest BCUT2D eigenvalue weighted by Crippen LogP contribution is -2.44. The standard InChI is InChI=1S/C27H29BrN2O4S/c1-3-33-25(31)17-34-23-14-13-19(15-21(23)28)16-24-26(32)30(22-12-8-7-9-18(22)2)27(35-24)29-20-10-5-4-6-11-20/h4-6,10-11,13-16,18,22H,3,7-9,12,17H2,1-2H3/b24-16-,29-27?/t18-,22+/m0/s1. The molecule has 0 unspecified atom stereocenters. The summed E-state index contributed by atoms with van der Waals surface area (Å²) in [6, 6.07) is 15.4. The lowest BCUT2D eigenvalue weighted by atomic mass is 9.85. The molecular weight excluding hydrogens is 528 g/mol. The molecule has 1 aliphatic carbocycles. The summed E-state index contributed by atoms with van der Waals surface area (Å²) in [6.07, 6.45) is 6.34. The van der Waals surface area contributed by atoms with Crippen LogP contribution in [0.15, 0.2) is 62.9 Å². The molecule has 0 bridgehead atoms. The average molecular weight is 558 g/mol. The molecule has 0 N–H and O–H groups in total. The van der Waals surface area contributed by atoms with Crippen molar-refractivity contribution in [2.75, 3.05) is 13.2 Å². The zero-order valence-electron chi connectivity index (χ0n) is 19.9. The molecule has 8 heteroatoms. The molecule has 2 fully saturated rings. The van der Waals surface area contributed by atoms with Gasteiger partial charge < -0.3 is 9.47 Å². The molecule has 2 aromatic carbocycles. The van der Waals surface area contributed by atoms with Gasteiger partial charge in [0, 0.05) is 6.04 Å². The molecule has 0 aromatic heterocycles. The molecule has 35 heavy (non-hydrogen) atoms. The normalized spacial score (nSPS) is 22.6. The van der Waals surface area contributed by atoms with Crippen LogP contribution >= 0.6 is 27.7 Å². The van der Waals surface area contributed by atoms with Crippen molar-refractivity contribution in [1.82, 2.24) is 4.90 Å². The number of ether oxygens (including phenoxy) is 2. The van der Waals surface area contributed by atoms with E-state index in [0.717, 1.165) is 35.7 Å². The molecule has 1 amide bonds. The fraction of sp³-hybridized carbons (Fsp3) is 0.370. The van der Waals surface area contributed by atoms with Crippen molar-refractivity contribution in [3.05, 3.63) is 63.5 Å². The summed E-state index contributed by atoms with van der Waals surface area (Å²) in [6.45, 7) is 4.14. The van der Waals surface area contributed by atoms with E-state index in [0.29, 0.717) is 27.7 Å². The van der Waals surface area contributed by atoms with Crippen molar-refractivity contribution in [3.63, 3.8) is 0 Å². The summed E-state index contributed by atoms with van der Waals surface area (Å²) in [5.74, 6) is 0.552. The van der Waals surface area contributed by atoms with Crippen LogP contribution in [0.1, 0.15) is 45.1 Å². The fourth-order valence-corrected chi connectivity index (χ4v) is 5.92. The monoisotopic (exact) mass is 556 g/mol. The molecule has 184 valence electrons. The van der Waals surface area contributed by atoms with Crippen LogP contribution in [0.25, 0.3) is 6.08 Å². The molecule has 1 heterocycles. The van der Waals surface area contributed by atoms with Crippen LogP contribution in [0.3, 0.4) is 0 Å². The van der Waals surface area contributed by atoms with Gasteiger partial charge in [-0.3, -0.25) is 9.69 Å². The first-order valence-electron chi connectivity index (χ1n) is 11.9. The summed E-state index contributed by atoms with van der Waals surface area (Å²) >= 11 is 4.93. The molecule has 0 spiro atoms. The van der Waals surface area contributed by atoms with E-state index in [9.17, 15) is 9.59 Å². The predicted molar refractivity (Wildman–Crippen MR) is 144 cm³/mol. The van der Waals surface area contributed by atoms with Gasteiger partial charge in [-0.05, 0) is 89.3 Å². The second-order valence-corrected chi connectivity index (χ2v) is 10.5. The largest absolute Gasteiger partial charge is 0.481 e. The van der Waals surface area contributed by atoms with Crippen LogP contribution in [-0.4, -0.2) is 41.2 Å². The number of hydrogen-bond donors (Lipinski definition) is 0. The van der Waals surface area contributed by atoms with Crippen molar-refractivity contribution in [2.45, 2.75) is 45.6 Å². The van der Waals surface area contributed by atoms with Crippen molar-refractivity contribution in [2.24, 2.45) is 10.9 Å². The Morgan fingerprint density at radius 3 is 2.69 bits per heavy atom. The number of rotatable bonds is 7. The van der Waals surface area contributed by atoms with Crippen LogP contribution in [0.5, 0.6) is 5.75 Å². The molecule has 1 saturated heterocycles. The van der Waals surface area contributed by atoms with Crippen LogP contribution in [0.4, 0.5) is 5.69 Å². The number of para-hydroxylation sites is 1. The Labute approximate surface area is 218 Å². The van der Waals surface area contributed by atoms with Gasteiger partial charge >= 0.3 is 5.97 Å². The van der Waals surface area contributed by atoms with Gasteiger partial charge in [-0.2, -0.15) is 0 Å². The molecule has 0 radical (unpaired) electrons. The van der Waals surface area contributed by atoms with Crippen molar-refractivity contribution in [1.29, 1.82) is 0 Å². The molecule has 1 saturated carbocycles. The van der Waals surface area contributed by atoms with Crippen LogP contribution < -0.4 is 4.74 Å². The molecule has 2 aromatic rings. The number of carbonyl (C=O) groups excluding carboxylic acids is 2. The second-order valence-electron chi connectivity index (χ2n) is 8.63. The van der Waals surface area contributed by atoms with E-state index in [-0.39, 0.29) is 18.6 Å². The number of thioether (sulfide) groups is 1. The number of halogens is 1. The van der Waals surface area contributed by atoms with Crippen molar-refractivity contribution in [3.8, 4) is 5.75 Å². The first-order chi connectivity index (χ1) is 17.0. The third-order valence-corrected chi connectivity index (χ3v) is 7.72. The molecule has 1 aliphatic heterocycles.